The first-order valence-corrected chi connectivity index (χ1v) is 6.94. The van der Waals surface area contributed by atoms with Crippen molar-refractivity contribution in [3.05, 3.63) is 29.5 Å². The summed E-state index contributed by atoms with van der Waals surface area (Å²) >= 11 is 0. The van der Waals surface area contributed by atoms with Gasteiger partial charge in [0.2, 0.25) is 0 Å². The summed E-state index contributed by atoms with van der Waals surface area (Å²) in [7, 11) is -1.13. The largest absolute Gasteiger partial charge is 0.358 e. The minimum absolute atomic E-state index is 0.0340. The second kappa shape index (κ2) is 4.83. The van der Waals surface area contributed by atoms with Gasteiger partial charge in [0.05, 0.1) is 16.8 Å². The fourth-order valence-electron chi connectivity index (χ4n) is 1.82. The lowest BCUT2D eigenvalue weighted by Gasteiger charge is -2.10. The third kappa shape index (κ3) is 2.12. The molecule has 1 unspecified atom stereocenters. The number of aromatic nitrogens is 1. The molecule has 0 amide bonds. The fourth-order valence-corrected chi connectivity index (χ4v) is 2.44. The van der Waals surface area contributed by atoms with E-state index in [-0.39, 0.29) is 5.25 Å². The van der Waals surface area contributed by atoms with Gasteiger partial charge in [-0.25, -0.2) is 4.21 Å². The molecule has 1 heterocycles. The van der Waals surface area contributed by atoms with Gasteiger partial charge in [-0.15, -0.1) is 0 Å². The van der Waals surface area contributed by atoms with E-state index in [9.17, 15) is 4.21 Å². The van der Waals surface area contributed by atoms with Gasteiger partial charge < -0.3 is 9.71 Å². The molecule has 0 aliphatic rings. The first-order valence-electron chi connectivity index (χ1n) is 5.72. The molecule has 1 atom stereocenters. The zero-order valence-corrected chi connectivity index (χ0v) is 11.4. The predicted octanol–water partition coefficient (Wildman–Crippen LogP) is 2.83. The van der Waals surface area contributed by atoms with Gasteiger partial charge in [-0.05, 0) is 32.4 Å². The molecule has 0 bridgehead atoms. The molecule has 1 aromatic carbocycles. The van der Waals surface area contributed by atoms with Gasteiger partial charge >= 0.3 is 0 Å². The lowest BCUT2D eigenvalue weighted by molar-refractivity contribution is 0.680. The second-order valence-electron chi connectivity index (χ2n) is 4.44. The standard InChI is InChI=1S/C13H15N3OS/c1-8(2)18(17)16-11-5-4-9(3)12-10(6-14)7-15-13(11)12/h4-5,7-8,15-16H,1-3H3. The summed E-state index contributed by atoms with van der Waals surface area (Å²) in [5.41, 5.74) is 3.25. The lowest BCUT2D eigenvalue weighted by Crippen LogP contribution is -2.14. The van der Waals surface area contributed by atoms with E-state index in [2.05, 4.69) is 15.8 Å². The van der Waals surface area contributed by atoms with Crippen LogP contribution in [-0.2, 0) is 11.0 Å². The average molecular weight is 261 g/mol. The number of rotatable bonds is 3. The Hall–Kier alpha value is -1.80. The number of benzene rings is 1. The summed E-state index contributed by atoms with van der Waals surface area (Å²) in [6.45, 7) is 5.74. The van der Waals surface area contributed by atoms with Crippen LogP contribution in [0.1, 0.15) is 25.0 Å². The molecule has 0 spiro atoms. The van der Waals surface area contributed by atoms with E-state index in [0.717, 1.165) is 22.2 Å². The van der Waals surface area contributed by atoms with Crippen LogP contribution in [0.3, 0.4) is 0 Å². The van der Waals surface area contributed by atoms with E-state index >= 15 is 0 Å². The van der Waals surface area contributed by atoms with Gasteiger partial charge in [0.25, 0.3) is 0 Å². The summed E-state index contributed by atoms with van der Waals surface area (Å²) < 4.78 is 14.8. The van der Waals surface area contributed by atoms with Crippen molar-refractivity contribution in [2.45, 2.75) is 26.0 Å². The van der Waals surface area contributed by atoms with Gasteiger partial charge in [0.15, 0.2) is 0 Å². The molecule has 94 valence electrons. The maximum Gasteiger partial charge on any atom is 0.119 e. The fraction of sp³-hybridized carbons (Fsp3) is 0.308. The van der Waals surface area contributed by atoms with Crippen molar-refractivity contribution < 1.29 is 4.21 Å². The Morgan fingerprint density at radius 2 is 2.17 bits per heavy atom. The number of hydrogen-bond acceptors (Lipinski definition) is 2. The molecule has 0 aliphatic carbocycles. The summed E-state index contributed by atoms with van der Waals surface area (Å²) in [6.07, 6.45) is 1.68. The van der Waals surface area contributed by atoms with E-state index in [0.29, 0.717) is 5.56 Å². The van der Waals surface area contributed by atoms with Crippen LogP contribution in [0.2, 0.25) is 0 Å². The third-order valence-corrected chi connectivity index (χ3v) is 4.08. The highest BCUT2D eigenvalue weighted by Gasteiger charge is 2.12. The van der Waals surface area contributed by atoms with Crippen molar-refractivity contribution in [2.24, 2.45) is 0 Å². The Bertz CT molecular complexity index is 652. The molecule has 0 fully saturated rings. The molecule has 18 heavy (non-hydrogen) atoms. The summed E-state index contributed by atoms with van der Waals surface area (Å²) in [5.74, 6) is 0. The predicted molar refractivity (Wildman–Crippen MR) is 74.7 cm³/mol. The van der Waals surface area contributed by atoms with Crippen molar-refractivity contribution in [2.75, 3.05) is 4.72 Å². The van der Waals surface area contributed by atoms with Crippen molar-refractivity contribution in [3.8, 4) is 6.07 Å². The van der Waals surface area contributed by atoms with Crippen LogP contribution in [0.25, 0.3) is 10.9 Å². The van der Waals surface area contributed by atoms with E-state index in [4.69, 9.17) is 5.26 Å². The Morgan fingerprint density at radius 1 is 1.44 bits per heavy atom. The highest BCUT2D eigenvalue weighted by atomic mass is 32.2. The summed E-state index contributed by atoms with van der Waals surface area (Å²) in [5, 5.41) is 9.99. The van der Waals surface area contributed by atoms with Crippen LogP contribution in [0, 0.1) is 18.3 Å². The SMILES string of the molecule is Cc1ccc(NS(=O)C(C)C)c2[nH]cc(C#N)c12. The van der Waals surface area contributed by atoms with Crippen LogP contribution in [0.4, 0.5) is 5.69 Å². The number of hydrogen-bond donors (Lipinski definition) is 2. The quantitative estimate of drug-likeness (QED) is 0.892. The smallest absolute Gasteiger partial charge is 0.119 e. The third-order valence-electron chi connectivity index (χ3n) is 2.80. The Balaban J connectivity index is 2.54. The average Bonchev–Trinajstić information content (AvgIpc) is 2.77. The van der Waals surface area contributed by atoms with E-state index in [1.165, 1.54) is 0 Å². The van der Waals surface area contributed by atoms with Crippen molar-refractivity contribution in [3.63, 3.8) is 0 Å². The first kappa shape index (κ1) is 12.7. The number of anilines is 1. The first-order chi connectivity index (χ1) is 8.54. The number of H-pyrrole nitrogens is 1. The minimum atomic E-state index is -1.13. The molecule has 1 aromatic heterocycles. The Labute approximate surface area is 109 Å². The van der Waals surface area contributed by atoms with Gasteiger partial charge in [0.1, 0.15) is 17.1 Å². The Morgan fingerprint density at radius 3 is 2.78 bits per heavy atom. The summed E-state index contributed by atoms with van der Waals surface area (Å²) in [4.78, 5) is 3.07. The van der Waals surface area contributed by atoms with E-state index < -0.39 is 11.0 Å². The highest BCUT2D eigenvalue weighted by molar-refractivity contribution is 7.86. The number of nitrogens with zero attached hydrogens (tertiary/aromatic N) is 1. The molecule has 2 rings (SSSR count). The minimum Gasteiger partial charge on any atom is -0.358 e. The monoisotopic (exact) mass is 261 g/mol. The molecule has 0 saturated heterocycles. The molecule has 2 aromatic rings. The van der Waals surface area contributed by atoms with Gasteiger partial charge in [-0.2, -0.15) is 5.26 Å². The van der Waals surface area contributed by atoms with Crippen LogP contribution in [0.15, 0.2) is 18.3 Å². The van der Waals surface area contributed by atoms with Gasteiger partial charge in [-0.1, -0.05) is 6.07 Å². The number of fused-ring (bicyclic) bond motifs is 1. The normalized spacial score (nSPS) is 12.6. The van der Waals surface area contributed by atoms with E-state index in [1.807, 2.05) is 32.9 Å². The number of aromatic amines is 1. The molecule has 0 radical (unpaired) electrons. The Kier molecular flexibility index (Phi) is 3.39. The van der Waals surface area contributed by atoms with Crippen LogP contribution in [0.5, 0.6) is 0 Å². The highest BCUT2D eigenvalue weighted by Crippen LogP contribution is 2.28. The number of nitrogens with one attached hydrogen (secondary N) is 2. The molecule has 4 nitrogen and oxygen atoms in total. The van der Waals surface area contributed by atoms with Crippen LogP contribution in [-0.4, -0.2) is 14.4 Å². The molecule has 0 saturated carbocycles. The van der Waals surface area contributed by atoms with Crippen molar-refractivity contribution >= 4 is 27.6 Å². The zero-order valence-electron chi connectivity index (χ0n) is 10.6. The molecule has 5 heteroatoms. The molecule has 2 N–H and O–H groups in total. The molecule has 0 aliphatic heterocycles. The van der Waals surface area contributed by atoms with Crippen LogP contribution >= 0.6 is 0 Å². The maximum absolute atomic E-state index is 11.8. The maximum atomic E-state index is 11.8. The second-order valence-corrected chi connectivity index (χ2v) is 6.18. The molecular formula is C13H15N3OS. The van der Waals surface area contributed by atoms with Gasteiger partial charge in [-0.3, -0.25) is 0 Å². The molecular weight excluding hydrogens is 246 g/mol. The van der Waals surface area contributed by atoms with Crippen LogP contribution < -0.4 is 4.72 Å². The van der Waals surface area contributed by atoms with E-state index in [1.54, 1.807) is 6.20 Å². The van der Waals surface area contributed by atoms with Crippen molar-refractivity contribution in [1.29, 1.82) is 5.26 Å². The number of aryl methyl sites for hydroxylation is 1. The summed E-state index contributed by atoms with van der Waals surface area (Å²) in [6, 6.07) is 5.97. The number of nitriles is 1. The van der Waals surface area contributed by atoms with Crippen molar-refractivity contribution in [1.82, 2.24) is 4.98 Å². The lowest BCUT2D eigenvalue weighted by atomic mass is 10.1. The zero-order chi connectivity index (χ0) is 13.3. The van der Waals surface area contributed by atoms with Gasteiger partial charge in [0, 0.05) is 16.8 Å². The topological polar surface area (TPSA) is 68.7 Å².